The Morgan fingerprint density at radius 3 is 2.46 bits per heavy atom. The van der Waals surface area contributed by atoms with Crippen molar-refractivity contribution in [3.8, 4) is 0 Å². The lowest BCUT2D eigenvalue weighted by molar-refractivity contribution is -0.142. The average Bonchev–Trinajstić information content (AvgIpc) is 3.22. The first-order valence-corrected chi connectivity index (χ1v) is 10.4. The number of hydrogen-bond donors (Lipinski definition) is 0. The smallest absolute Gasteiger partial charge is 0.251 e. The van der Waals surface area contributed by atoms with E-state index >= 15 is 0 Å². The predicted molar refractivity (Wildman–Crippen MR) is 98.3 cm³/mol. The van der Waals surface area contributed by atoms with Gasteiger partial charge in [0.1, 0.15) is 6.10 Å². The average molecular weight is 374 g/mol. The Hall–Kier alpha value is -1.96. The maximum atomic E-state index is 13.1. The van der Waals surface area contributed by atoms with Crippen LogP contribution in [0.2, 0.25) is 0 Å². The molecule has 1 atom stereocenters. The van der Waals surface area contributed by atoms with Crippen LogP contribution in [0.3, 0.4) is 0 Å². The molecule has 2 heterocycles. The Kier molecular flexibility index (Phi) is 4.69. The number of fused-ring (bicyclic) bond motifs is 1. The first-order chi connectivity index (χ1) is 12.6. The van der Waals surface area contributed by atoms with Crippen LogP contribution in [0.1, 0.15) is 12.8 Å². The highest BCUT2D eigenvalue weighted by molar-refractivity contribution is 7.89. The second kappa shape index (κ2) is 6.98. The van der Waals surface area contributed by atoms with Crippen molar-refractivity contribution >= 4 is 26.7 Å². The van der Waals surface area contributed by atoms with Crippen molar-refractivity contribution in [3.05, 3.63) is 42.5 Å². The van der Waals surface area contributed by atoms with E-state index in [4.69, 9.17) is 4.74 Å². The predicted octanol–water partition coefficient (Wildman–Crippen LogP) is 1.85. The third kappa shape index (κ3) is 3.11. The summed E-state index contributed by atoms with van der Waals surface area (Å²) in [6.07, 6.45) is 1.32. The minimum atomic E-state index is -3.59. The SMILES string of the molecule is O=C(C1CCCO1)N1CCN(S(=O)(=O)c2cccc3ccccc23)CC1. The molecule has 2 aromatic carbocycles. The molecule has 4 rings (SSSR count). The molecule has 0 radical (unpaired) electrons. The van der Waals surface area contributed by atoms with Crippen molar-refractivity contribution in [2.24, 2.45) is 0 Å². The van der Waals surface area contributed by atoms with Gasteiger partial charge in [0.25, 0.3) is 5.91 Å². The summed E-state index contributed by atoms with van der Waals surface area (Å²) in [6, 6.07) is 12.8. The minimum Gasteiger partial charge on any atom is -0.368 e. The van der Waals surface area contributed by atoms with Gasteiger partial charge in [-0.2, -0.15) is 4.31 Å². The summed E-state index contributed by atoms with van der Waals surface area (Å²) >= 11 is 0. The van der Waals surface area contributed by atoms with Crippen LogP contribution in [0.15, 0.2) is 47.4 Å². The summed E-state index contributed by atoms with van der Waals surface area (Å²) in [5.41, 5.74) is 0. The largest absolute Gasteiger partial charge is 0.368 e. The Morgan fingerprint density at radius 2 is 1.73 bits per heavy atom. The minimum absolute atomic E-state index is 0.00953. The molecule has 2 saturated heterocycles. The molecule has 0 N–H and O–H groups in total. The fourth-order valence-electron chi connectivity index (χ4n) is 3.68. The van der Waals surface area contributed by atoms with E-state index in [-0.39, 0.29) is 12.0 Å². The molecule has 0 aromatic heterocycles. The molecular formula is C19H22N2O4S. The van der Waals surface area contributed by atoms with E-state index < -0.39 is 10.0 Å². The van der Waals surface area contributed by atoms with Crippen LogP contribution in [0, 0.1) is 0 Å². The molecule has 1 amide bonds. The van der Waals surface area contributed by atoms with E-state index in [0.717, 1.165) is 23.6 Å². The molecule has 0 saturated carbocycles. The van der Waals surface area contributed by atoms with Gasteiger partial charge in [0.15, 0.2) is 0 Å². The molecular weight excluding hydrogens is 352 g/mol. The lowest BCUT2D eigenvalue weighted by Gasteiger charge is -2.35. The number of sulfonamides is 1. The van der Waals surface area contributed by atoms with Crippen LogP contribution in [0.5, 0.6) is 0 Å². The van der Waals surface area contributed by atoms with Crippen molar-refractivity contribution in [3.63, 3.8) is 0 Å². The van der Waals surface area contributed by atoms with Gasteiger partial charge in [-0.05, 0) is 24.3 Å². The van der Waals surface area contributed by atoms with Crippen LogP contribution >= 0.6 is 0 Å². The zero-order valence-corrected chi connectivity index (χ0v) is 15.3. The quantitative estimate of drug-likeness (QED) is 0.822. The van der Waals surface area contributed by atoms with Gasteiger partial charge >= 0.3 is 0 Å². The van der Waals surface area contributed by atoms with E-state index in [1.807, 2.05) is 30.3 Å². The van der Waals surface area contributed by atoms with Crippen molar-refractivity contribution in [1.29, 1.82) is 0 Å². The van der Waals surface area contributed by atoms with Gasteiger partial charge in [-0.25, -0.2) is 8.42 Å². The zero-order valence-electron chi connectivity index (χ0n) is 14.5. The standard InChI is InChI=1S/C19H22N2O4S/c22-19(17-8-4-14-25-17)20-10-12-21(13-11-20)26(23,24)18-9-3-6-15-5-1-2-7-16(15)18/h1-3,5-7,9,17H,4,8,10-14H2. The Labute approximate surface area is 153 Å². The fourth-order valence-corrected chi connectivity index (χ4v) is 5.32. The summed E-state index contributed by atoms with van der Waals surface area (Å²) in [6.45, 7) is 2.06. The Bertz CT molecular complexity index is 909. The van der Waals surface area contributed by atoms with Crippen LogP contribution in [-0.4, -0.2) is 62.4 Å². The number of benzene rings is 2. The highest BCUT2D eigenvalue weighted by Crippen LogP contribution is 2.26. The summed E-state index contributed by atoms with van der Waals surface area (Å²) in [4.78, 5) is 14.5. The maximum Gasteiger partial charge on any atom is 0.251 e. The first-order valence-electron chi connectivity index (χ1n) is 8.96. The Morgan fingerprint density at radius 1 is 1.00 bits per heavy atom. The third-order valence-corrected chi connectivity index (χ3v) is 7.08. The number of ether oxygens (including phenoxy) is 1. The summed E-state index contributed by atoms with van der Waals surface area (Å²) in [7, 11) is -3.59. The van der Waals surface area contributed by atoms with Gasteiger partial charge in [-0.3, -0.25) is 4.79 Å². The molecule has 2 aliphatic rings. The number of carbonyl (C=O) groups excluding carboxylic acids is 1. The van der Waals surface area contributed by atoms with Crippen molar-refractivity contribution in [2.75, 3.05) is 32.8 Å². The van der Waals surface area contributed by atoms with E-state index in [1.165, 1.54) is 4.31 Å². The van der Waals surface area contributed by atoms with E-state index in [1.54, 1.807) is 17.0 Å². The number of nitrogens with zero attached hydrogens (tertiary/aromatic N) is 2. The summed E-state index contributed by atoms with van der Waals surface area (Å²) < 4.78 is 33.2. The van der Waals surface area contributed by atoms with E-state index in [0.29, 0.717) is 37.7 Å². The van der Waals surface area contributed by atoms with Gasteiger partial charge in [0, 0.05) is 38.2 Å². The normalized spacial score (nSPS) is 22.0. The number of piperazine rings is 1. The second-order valence-electron chi connectivity index (χ2n) is 6.71. The highest BCUT2D eigenvalue weighted by atomic mass is 32.2. The van der Waals surface area contributed by atoms with Gasteiger partial charge in [0.2, 0.25) is 10.0 Å². The van der Waals surface area contributed by atoms with Gasteiger partial charge in [-0.1, -0.05) is 36.4 Å². The summed E-state index contributed by atoms with van der Waals surface area (Å²) in [5, 5.41) is 1.63. The number of carbonyl (C=O) groups is 1. The molecule has 0 aliphatic carbocycles. The van der Waals surface area contributed by atoms with Gasteiger partial charge < -0.3 is 9.64 Å². The van der Waals surface area contributed by atoms with E-state index in [9.17, 15) is 13.2 Å². The summed E-state index contributed by atoms with van der Waals surface area (Å²) in [5.74, 6) is -0.00953. The number of amides is 1. The molecule has 26 heavy (non-hydrogen) atoms. The Balaban J connectivity index is 1.52. The number of hydrogen-bond acceptors (Lipinski definition) is 4. The molecule has 2 fully saturated rings. The molecule has 0 bridgehead atoms. The molecule has 2 aromatic rings. The van der Waals surface area contributed by atoms with E-state index in [2.05, 4.69) is 0 Å². The van der Waals surface area contributed by atoms with Crippen LogP contribution < -0.4 is 0 Å². The molecule has 1 unspecified atom stereocenters. The second-order valence-corrected chi connectivity index (χ2v) is 8.61. The van der Waals surface area contributed by atoms with Crippen molar-refractivity contribution < 1.29 is 17.9 Å². The molecule has 138 valence electrons. The van der Waals surface area contributed by atoms with Crippen molar-refractivity contribution in [2.45, 2.75) is 23.8 Å². The van der Waals surface area contributed by atoms with Crippen LogP contribution in [0.25, 0.3) is 10.8 Å². The maximum absolute atomic E-state index is 13.1. The monoisotopic (exact) mass is 374 g/mol. The fraction of sp³-hybridized carbons (Fsp3) is 0.421. The van der Waals surface area contributed by atoms with Gasteiger partial charge in [-0.15, -0.1) is 0 Å². The van der Waals surface area contributed by atoms with Gasteiger partial charge in [0.05, 0.1) is 4.90 Å². The van der Waals surface area contributed by atoms with Crippen LogP contribution in [-0.2, 0) is 19.6 Å². The highest BCUT2D eigenvalue weighted by Gasteiger charge is 2.34. The topological polar surface area (TPSA) is 66.9 Å². The van der Waals surface area contributed by atoms with Crippen LogP contribution in [0.4, 0.5) is 0 Å². The molecule has 6 nitrogen and oxygen atoms in total. The third-order valence-electron chi connectivity index (χ3n) is 5.12. The molecule has 2 aliphatic heterocycles. The van der Waals surface area contributed by atoms with Crippen molar-refractivity contribution in [1.82, 2.24) is 9.21 Å². The first kappa shape index (κ1) is 17.5. The molecule has 7 heteroatoms. The zero-order chi connectivity index (χ0) is 18.1. The lowest BCUT2D eigenvalue weighted by Crippen LogP contribution is -2.52. The molecule has 0 spiro atoms. The number of rotatable bonds is 3. The lowest BCUT2D eigenvalue weighted by atomic mass is 10.1.